The van der Waals surface area contributed by atoms with Crippen molar-refractivity contribution in [2.75, 3.05) is 11.1 Å². The first-order valence-corrected chi connectivity index (χ1v) is 6.15. The van der Waals surface area contributed by atoms with Crippen LogP contribution in [-0.4, -0.2) is 20.4 Å². The predicted octanol–water partition coefficient (Wildman–Crippen LogP) is 1.17. The van der Waals surface area contributed by atoms with Crippen molar-refractivity contribution in [1.82, 2.24) is 14.5 Å². The molecular formula is C11H9Cl2N5O2. The maximum absolute atomic E-state index is 11.9. The highest BCUT2D eigenvalue weighted by atomic mass is 35.5. The Morgan fingerprint density at radius 3 is 2.60 bits per heavy atom. The number of anilines is 2. The van der Waals surface area contributed by atoms with Gasteiger partial charge in [-0.25, -0.2) is 9.97 Å². The van der Waals surface area contributed by atoms with Crippen LogP contribution in [0.15, 0.2) is 29.5 Å². The van der Waals surface area contributed by atoms with Gasteiger partial charge >= 0.3 is 0 Å². The van der Waals surface area contributed by atoms with Crippen molar-refractivity contribution >= 4 is 40.5 Å². The molecule has 0 fully saturated rings. The highest BCUT2D eigenvalue weighted by molar-refractivity contribution is 6.38. The summed E-state index contributed by atoms with van der Waals surface area (Å²) in [6.45, 7) is -0.231. The molecular weight excluding hydrogens is 305 g/mol. The molecule has 0 aliphatic heterocycles. The lowest BCUT2D eigenvalue weighted by molar-refractivity contribution is -0.116. The molecule has 2 heterocycles. The first-order chi connectivity index (χ1) is 9.47. The van der Waals surface area contributed by atoms with E-state index in [1.54, 1.807) is 0 Å². The van der Waals surface area contributed by atoms with Gasteiger partial charge in [-0.2, -0.15) is 0 Å². The van der Waals surface area contributed by atoms with Gasteiger partial charge in [0, 0.05) is 18.0 Å². The number of hydrogen-bond acceptors (Lipinski definition) is 5. The molecule has 0 unspecified atom stereocenters. The van der Waals surface area contributed by atoms with Crippen LogP contribution >= 0.6 is 23.2 Å². The van der Waals surface area contributed by atoms with Crippen molar-refractivity contribution in [2.45, 2.75) is 6.54 Å². The molecule has 0 aliphatic rings. The Bertz CT molecular complexity index is 696. The van der Waals surface area contributed by atoms with Crippen LogP contribution in [0.3, 0.4) is 0 Å². The van der Waals surface area contributed by atoms with E-state index < -0.39 is 5.91 Å². The molecule has 1 amide bonds. The largest absolute Gasteiger partial charge is 0.398 e. The Morgan fingerprint density at radius 2 is 1.95 bits per heavy atom. The molecule has 0 spiro atoms. The molecule has 2 aromatic rings. The number of nitrogens with one attached hydrogen (secondary N) is 1. The van der Waals surface area contributed by atoms with Crippen LogP contribution in [-0.2, 0) is 11.3 Å². The lowest BCUT2D eigenvalue weighted by Crippen LogP contribution is -2.27. The summed E-state index contributed by atoms with van der Waals surface area (Å²) in [5, 5.41) is 2.47. The van der Waals surface area contributed by atoms with Crippen molar-refractivity contribution < 1.29 is 4.79 Å². The maximum Gasteiger partial charge on any atom is 0.251 e. The van der Waals surface area contributed by atoms with E-state index in [2.05, 4.69) is 15.3 Å². The zero-order valence-electron chi connectivity index (χ0n) is 10.0. The van der Waals surface area contributed by atoms with Crippen molar-refractivity contribution in [3.63, 3.8) is 0 Å². The van der Waals surface area contributed by atoms with Gasteiger partial charge in [-0.3, -0.25) is 9.59 Å². The molecule has 0 saturated carbocycles. The van der Waals surface area contributed by atoms with E-state index in [1.807, 2.05) is 0 Å². The van der Waals surface area contributed by atoms with Gasteiger partial charge in [0.25, 0.3) is 5.56 Å². The average molecular weight is 314 g/mol. The first-order valence-electron chi connectivity index (χ1n) is 5.39. The summed E-state index contributed by atoms with van der Waals surface area (Å²) in [6.07, 6.45) is 2.54. The number of amides is 1. The molecule has 0 aromatic carbocycles. The number of pyridine rings is 1. The van der Waals surface area contributed by atoms with Crippen molar-refractivity contribution in [2.24, 2.45) is 0 Å². The number of hydrogen-bond donors (Lipinski definition) is 2. The fraction of sp³-hybridized carbons (Fsp3) is 0.0909. The number of rotatable bonds is 3. The van der Waals surface area contributed by atoms with E-state index >= 15 is 0 Å². The van der Waals surface area contributed by atoms with Gasteiger partial charge in [0.1, 0.15) is 18.6 Å². The molecule has 2 aromatic heterocycles. The highest BCUT2D eigenvalue weighted by Gasteiger charge is 2.12. The molecule has 9 heteroatoms. The van der Waals surface area contributed by atoms with Gasteiger partial charge in [-0.15, -0.1) is 0 Å². The van der Waals surface area contributed by atoms with E-state index in [0.717, 1.165) is 4.57 Å². The van der Waals surface area contributed by atoms with Crippen LogP contribution in [0.4, 0.5) is 11.4 Å². The Labute approximate surface area is 123 Å². The summed E-state index contributed by atoms with van der Waals surface area (Å²) < 4.78 is 1.16. The number of carbonyl (C=O) groups is 1. The predicted molar refractivity (Wildman–Crippen MR) is 75.8 cm³/mol. The fourth-order valence-corrected chi connectivity index (χ4v) is 1.86. The summed E-state index contributed by atoms with van der Waals surface area (Å²) in [6, 6.07) is 2.73. The molecule has 0 bridgehead atoms. The second-order valence-corrected chi connectivity index (χ2v) is 4.52. The van der Waals surface area contributed by atoms with Crippen LogP contribution in [0.2, 0.25) is 10.3 Å². The lowest BCUT2D eigenvalue weighted by atomic mass is 10.4. The van der Waals surface area contributed by atoms with Crippen LogP contribution in [0.5, 0.6) is 0 Å². The van der Waals surface area contributed by atoms with Crippen molar-refractivity contribution in [1.29, 1.82) is 0 Å². The van der Waals surface area contributed by atoms with Gasteiger partial charge in [0.2, 0.25) is 5.91 Å². The zero-order valence-corrected chi connectivity index (χ0v) is 11.5. The summed E-state index contributed by atoms with van der Waals surface area (Å²) >= 11 is 11.6. The molecule has 20 heavy (non-hydrogen) atoms. The summed E-state index contributed by atoms with van der Waals surface area (Å²) in [4.78, 5) is 30.8. The standard InChI is InChI=1S/C11H9Cl2N5O2/c12-10-9(11(13)16-5-15-10)17-7(19)4-18-3-6(14)1-2-8(18)20/h1-3,5H,4,14H2,(H,17,19). The summed E-state index contributed by atoms with van der Waals surface area (Å²) in [5.41, 5.74) is 5.67. The van der Waals surface area contributed by atoms with E-state index in [-0.39, 0.29) is 28.1 Å². The van der Waals surface area contributed by atoms with E-state index in [9.17, 15) is 9.59 Å². The molecule has 0 aliphatic carbocycles. The van der Waals surface area contributed by atoms with Crippen LogP contribution in [0.25, 0.3) is 0 Å². The Balaban J connectivity index is 2.17. The molecule has 0 atom stereocenters. The number of nitrogens with two attached hydrogens (primary N) is 1. The van der Waals surface area contributed by atoms with Gasteiger partial charge in [-0.05, 0) is 6.07 Å². The Kier molecular flexibility index (Phi) is 4.21. The number of nitrogens with zero attached hydrogens (tertiary/aromatic N) is 3. The summed E-state index contributed by atoms with van der Waals surface area (Å²) in [7, 11) is 0. The minimum absolute atomic E-state index is 0.0123. The SMILES string of the molecule is Nc1ccc(=O)n(CC(=O)Nc2c(Cl)ncnc2Cl)c1. The van der Waals surface area contributed by atoms with Gasteiger partial charge < -0.3 is 15.6 Å². The highest BCUT2D eigenvalue weighted by Crippen LogP contribution is 2.25. The van der Waals surface area contributed by atoms with E-state index in [0.29, 0.717) is 5.69 Å². The van der Waals surface area contributed by atoms with Gasteiger partial charge in [-0.1, -0.05) is 23.2 Å². The van der Waals surface area contributed by atoms with Crippen molar-refractivity contribution in [3.8, 4) is 0 Å². The first kappa shape index (κ1) is 14.3. The number of carbonyl (C=O) groups excluding carboxylic acids is 1. The second kappa shape index (κ2) is 5.89. The third-order valence-electron chi connectivity index (χ3n) is 2.34. The smallest absolute Gasteiger partial charge is 0.251 e. The molecule has 104 valence electrons. The minimum Gasteiger partial charge on any atom is -0.398 e. The zero-order chi connectivity index (χ0) is 14.7. The number of aromatic nitrogens is 3. The quantitative estimate of drug-likeness (QED) is 0.828. The normalized spacial score (nSPS) is 10.3. The lowest BCUT2D eigenvalue weighted by Gasteiger charge is -2.09. The van der Waals surface area contributed by atoms with E-state index in [1.165, 1.54) is 24.7 Å². The van der Waals surface area contributed by atoms with Crippen LogP contribution in [0, 0.1) is 0 Å². The van der Waals surface area contributed by atoms with Crippen LogP contribution < -0.4 is 16.6 Å². The minimum atomic E-state index is -0.503. The molecule has 3 N–H and O–H groups in total. The number of nitrogen functional groups attached to an aromatic ring is 1. The van der Waals surface area contributed by atoms with Crippen molar-refractivity contribution in [3.05, 3.63) is 45.3 Å². The molecule has 0 radical (unpaired) electrons. The third kappa shape index (κ3) is 3.25. The Morgan fingerprint density at radius 1 is 1.30 bits per heavy atom. The van der Waals surface area contributed by atoms with Gasteiger partial charge in [0.05, 0.1) is 0 Å². The third-order valence-corrected chi connectivity index (χ3v) is 2.91. The van der Waals surface area contributed by atoms with E-state index in [4.69, 9.17) is 28.9 Å². The Hall–Kier alpha value is -2.12. The second-order valence-electron chi connectivity index (χ2n) is 3.81. The van der Waals surface area contributed by atoms with Crippen LogP contribution in [0.1, 0.15) is 0 Å². The molecule has 0 saturated heterocycles. The average Bonchev–Trinajstić information content (AvgIpc) is 2.38. The maximum atomic E-state index is 11.9. The topological polar surface area (TPSA) is 103 Å². The fourth-order valence-electron chi connectivity index (χ4n) is 1.45. The van der Waals surface area contributed by atoms with Gasteiger partial charge in [0.15, 0.2) is 10.3 Å². The molecule has 7 nitrogen and oxygen atoms in total. The summed E-state index contributed by atoms with van der Waals surface area (Å²) in [5.74, 6) is -0.503. The molecule has 2 rings (SSSR count). The number of halogens is 2. The monoisotopic (exact) mass is 313 g/mol.